The molecule has 8 nitrogen and oxygen atoms in total. The van der Waals surface area contributed by atoms with Crippen molar-refractivity contribution in [3.05, 3.63) is 46.0 Å². The highest BCUT2D eigenvalue weighted by Crippen LogP contribution is 2.39. The molecule has 2 amide bonds. The van der Waals surface area contributed by atoms with Crippen LogP contribution in [0.1, 0.15) is 53.5 Å². The Labute approximate surface area is 198 Å². The lowest BCUT2D eigenvalue weighted by Gasteiger charge is -2.36. The minimum atomic E-state index is -0.753. The summed E-state index contributed by atoms with van der Waals surface area (Å²) in [5.41, 5.74) is 3.30. The van der Waals surface area contributed by atoms with Crippen molar-refractivity contribution in [2.75, 3.05) is 27.9 Å². The Hall–Kier alpha value is -3.13. The molecule has 0 radical (unpaired) electrons. The average Bonchev–Trinajstić information content (AvgIpc) is 2.80. The molecule has 0 spiro atoms. The molecule has 178 valence electrons. The number of nitrogens with one attached hydrogen (secondary N) is 1. The monoisotopic (exact) mass is 476 g/mol. The number of halogens is 1. The molecule has 1 N–H and O–H groups in total. The predicted octanol–water partition coefficient (Wildman–Crippen LogP) is 4.28. The zero-order valence-electron chi connectivity index (χ0n) is 19.7. The maximum Gasteiger partial charge on any atom is 0.273 e. The first-order valence-electron chi connectivity index (χ1n) is 10.5. The molecule has 0 atom stereocenters. The number of carbonyl (C=O) groups is 2. The van der Waals surface area contributed by atoms with E-state index in [9.17, 15) is 9.59 Å². The predicted molar refractivity (Wildman–Crippen MR) is 125 cm³/mol. The van der Waals surface area contributed by atoms with E-state index >= 15 is 0 Å². The molecule has 1 heterocycles. The van der Waals surface area contributed by atoms with Crippen LogP contribution in [0.2, 0.25) is 5.02 Å². The molecule has 0 saturated carbocycles. The number of hydrogen-bond donors (Lipinski definition) is 1. The van der Waals surface area contributed by atoms with Crippen LogP contribution in [0.3, 0.4) is 0 Å². The van der Waals surface area contributed by atoms with Crippen molar-refractivity contribution in [1.29, 1.82) is 0 Å². The number of methoxy groups -OCH3 is 3. The molecule has 9 heteroatoms. The second-order valence-electron chi connectivity index (χ2n) is 8.52. The first-order valence-corrected chi connectivity index (χ1v) is 10.9. The molecule has 33 heavy (non-hydrogen) atoms. The Morgan fingerprint density at radius 2 is 1.70 bits per heavy atom. The standard InChI is InChI=1S/C24H29ClN2O6/c1-24(2,3)27(23(29)14-12-18(30-4)21(32-6)19(13-14)31-5)26-22(28)16-9-10-17-15(20(16)25)8-7-11-33-17/h9-10,12-13H,7-8,11H2,1-6H3,(H,26,28). The molecular formula is C24H29ClN2O6. The van der Waals surface area contributed by atoms with Gasteiger partial charge in [-0.2, -0.15) is 0 Å². The van der Waals surface area contributed by atoms with E-state index in [-0.39, 0.29) is 11.1 Å². The number of nitrogens with zero attached hydrogens (tertiary/aromatic N) is 1. The molecule has 0 aliphatic carbocycles. The molecule has 0 aromatic heterocycles. The first-order chi connectivity index (χ1) is 15.6. The molecule has 0 unspecified atom stereocenters. The van der Waals surface area contributed by atoms with Gasteiger partial charge in [0.15, 0.2) is 11.5 Å². The van der Waals surface area contributed by atoms with Crippen LogP contribution < -0.4 is 24.4 Å². The number of rotatable bonds is 5. The molecular weight excluding hydrogens is 448 g/mol. The van der Waals surface area contributed by atoms with Gasteiger partial charge in [0.25, 0.3) is 11.8 Å². The number of carbonyl (C=O) groups excluding carboxylic acids is 2. The van der Waals surface area contributed by atoms with Gasteiger partial charge in [-0.25, -0.2) is 5.01 Å². The third kappa shape index (κ3) is 4.95. The third-order valence-electron chi connectivity index (χ3n) is 5.27. The van der Waals surface area contributed by atoms with Gasteiger partial charge in [-0.1, -0.05) is 11.6 Å². The van der Waals surface area contributed by atoms with Crippen molar-refractivity contribution in [2.45, 2.75) is 39.2 Å². The molecule has 3 rings (SSSR count). The molecule has 1 aliphatic heterocycles. The van der Waals surface area contributed by atoms with Crippen molar-refractivity contribution in [2.24, 2.45) is 0 Å². The number of hydrogen-bond acceptors (Lipinski definition) is 6. The molecule has 0 saturated heterocycles. The first kappa shape index (κ1) is 24.5. The van der Waals surface area contributed by atoms with Crippen LogP contribution >= 0.6 is 11.6 Å². The van der Waals surface area contributed by atoms with Gasteiger partial charge in [0.2, 0.25) is 5.75 Å². The minimum absolute atomic E-state index is 0.254. The van der Waals surface area contributed by atoms with Gasteiger partial charge in [-0.05, 0) is 57.9 Å². The maximum atomic E-state index is 13.5. The van der Waals surface area contributed by atoms with Crippen LogP contribution in [0, 0.1) is 0 Å². The minimum Gasteiger partial charge on any atom is -0.493 e. The Balaban J connectivity index is 1.96. The van der Waals surface area contributed by atoms with Crippen LogP contribution in [-0.2, 0) is 6.42 Å². The Kier molecular flexibility index (Phi) is 7.27. The van der Waals surface area contributed by atoms with Gasteiger partial charge in [-0.15, -0.1) is 0 Å². The van der Waals surface area contributed by atoms with E-state index in [0.717, 1.165) is 18.4 Å². The highest BCUT2D eigenvalue weighted by atomic mass is 35.5. The zero-order chi connectivity index (χ0) is 24.3. The number of amides is 2. The summed E-state index contributed by atoms with van der Waals surface area (Å²) >= 11 is 6.54. The van der Waals surface area contributed by atoms with Gasteiger partial charge >= 0.3 is 0 Å². The topological polar surface area (TPSA) is 86.3 Å². The van der Waals surface area contributed by atoms with Gasteiger partial charge in [-0.3, -0.25) is 15.0 Å². The summed E-state index contributed by atoms with van der Waals surface area (Å²) in [6.07, 6.45) is 1.55. The Bertz CT molecular complexity index is 1040. The van der Waals surface area contributed by atoms with Crippen molar-refractivity contribution in [3.8, 4) is 23.0 Å². The molecule has 2 aromatic carbocycles. The fourth-order valence-electron chi connectivity index (χ4n) is 3.60. The maximum absolute atomic E-state index is 13.5. The lowest BCUT2D eigenvalue weighted by atomic mass is 10.0. The number of ether oxygens (including phenoxy) is 4. The number of fused-ring (bicyclic) bond motifs is 1. The van der Waals surface area contributed by atoms with Crippen molar-refractivity contribution < 1.29 is 28.5 Å². The second-order valence-corrected chi connectivity index (χ2v) is 8.90. The van der Waals surface area contributed by atoms with Crippen LogP contribution in [0.4, 0.5) is 0 Å². The lowest BCUT2D eigenvalue weighted by molar-refractivity contribution is 0.0358. The van der Waals surface area contributed by atoms with E-state index in [4.69, 9.17) is 30.5 Å². The normalized spacial score (nSPS) is 12.8. The van der Waals surface area contributed by atoms with E-state index < -0.39 is 17.4 Å². The summed E-state index contributed by atoms with van der Waals surface area (Å²) in [5, 5.41) is 1.60. The molecule has 0 bridgehead atoms. The largest absolute Gasteiger partial charge is 0.493 e. The molecule has 2 aromatic rings. The highest BCUT2D eigenvalue weighted by molar-refractivity contribution is 6.34. The van der Waals surface area contributed by atoms with Gasteiger partial charge in [0.1, 0.15) is 5.75 Å². The highest BCUT2D eigenvalue weighted by Gasteiger charge is 2.32. The van der Waals surface area contributed by atoms with Gasteiger partial charge in [0.05, 0.1) is 44.1 Å². The summed E-state index contributed by atoms with van der Waals surface area (Å²) in [4.78, 5) is 26.7. The zero-order valence-corrected chi connectivity index (χ0v) is 20.5. The fourth-order valence-corrected chi connectivity index (χ4v) is 3.93. The fraction of sp³-hybridized carbons (Fsp3) is 0.417. The molecule has 1 aliphatic rings. The van der Waals surface area contributed by atoms with Crippen molar-refractivity contribution in [1.82, 2.24) is 10.4 Å². The second kappa shape index (κ2) is 9.79. The van der Waals surface area contributed by atoms with Crippen LogP contribution in [0.15, 0.2) is 24.3 Å². The average molecular weight is 477 g/mol. The summed E-state index contributed by atoms with van der Waals surface area (Å²) in [6.45, 7) is 6.05. The molecule has 0 fully saturated rings. The summed E-state index contributed by atoms with van der Waals surface area (Å²) in [5.74, 6) is 0.766. The third-order valence-corrected chi connectivity index (χ3v) is 5.70. The summed E-state index contributed by atoms with van der Waals surface area (Å²) in [6, 6.07) is 6.42. The van der Waals surface area contributed by atoms with Crippen molar-refractivity contribution in [3.63, 3.8) is 0 Å². The van der Waals surface area contributed by atoms with Gasteiger partial charge < -0.3 is 18.9 Å². The van der Waals surface area contributed by atoms with E-state index in [1.165, 1.54) is 38.5 Å². The van der Waals surface area contributed by atoms with E-state index in [1.807, 2.05) is 20.8 Å². The Morgan fingerprint density at radius 1 is 1.06 bits per heavy atom. The van der Waals surface area contributed by atoms with E-state index in [0.29, 0.717) is 34.6 Å². The quantitative estimate of drug-likeness (QED) is 0.648. The van der Waals surface area contributed by atoms with E-state index in [1.54, 1.807) is 12.1 Å². The van der Waals surface area contributed by atoms with Crippen molar-refractivity contribution >= 4 is 23.4 Å². The van der Waals surface area contributed by atoms with E-state index in [2.05, 4.69) is 5.43 Å². The van der Waals surface area contributed by atoms with Crippen LogP contribution in [0.5, 0.6) is 23.0 Å². The van der Waals surface area contributed by atoms with Gasteiger partial charge in [0, 0.05) is 11.1 Å². The van der Waals surface area contributed by atoms with Crippen LogP contribution in [-0.4, -0.2) is 50.3 Å². The number of benzene rings is 2. The lowest BCUT2D eigenvalue weighted by Crippen LogP contribution is -2.56. The summed E-state index contributed by atoms with van der Waals surface area (Å²) in [7, 11) is 4.42. The Morgan fingerprint density at radius 3 is 2.24 bits per heavy atom. The summed E-state index contributed by atoms with van der Waals surface area (Å²) < 4.78 is 21.7. The van der Waals surface area contributed by atoms with Crippen LogP contribution in [0.25, 0.3) is 0 Å². The SMILES string of the molecule is COc1cc(C(=O)N(NC(=O)c2ccc3c(c2Cl)CCCO3)C(C)(C)C)cc(OC)c1OC. The number of hydrazine groups is 1. The smallest absolute Gasteiger partial charge is 0.273 e.